The molecule has 1 aromatic rings. The molecule has 0 aliphatic heterocycles. The Hall–Kier alpha value is -1.54. The van der Waals surface area contributed by atoms with Gasteiger partial charge < -0.3 is 4.74 Å². The van der Waals surface area contributed by atoms with E-state index in [0.29, 0.717) is 0 Å². The zero-order valence-corrected chi connectivity index (χ0v) is 11.2. The lowest BCUT2D eigenvalue weighted by atomic mass is 10.1. The molecule has 1 aliphatic carbocycles. The van der Waals surface area contributed by atoms with Crippen molar-refractivity contribution in [3.8, 4) is 5.75 Å². The first-order valence-corrected chi connectivity index (χ1v) is 6.45. The molecule has 96 valence electrons. The van der Waals surface area contributed by atoms with Gasteiger partial charge in [0, 0.05) is 13.1 Å². The molecule has 2 rings (SSSR count). The summed E-state index contributed by atoms with van der Waals surface area (Å²) in [5.41, 5.74) is 2.75. The Bertz CT molecular complexity index is 431. The van der Waals surface area contributed by atoms with Crippen molar-refractivity contribution in [2.24, 2.45) is 0 Å². The highest BCUT2D eigenvalue weighted by atomic mass is 16.5. The van der Waals surface area contributed by atoms with Crippen LogP contribution in [-0.2, 0) is 6.54 Å². The Balaban J connectivity index is 1.88. The second-order valence-electron chi connectivity index (χ2n) is 4.78. The van der Waals surface area contributed by atoms with E-state index in [1.165, 1.54) is 24.0 Å². The van der Waals surface area contributed by atoms with Gasteiger partial charge >= 0.3 is 0 Å². The van der Waals surface area contributed by atoms with E-state index in [0.717, 1.165) is 18.8 Å². The van der Waals surface area contributed by atoms with Crippen LogP contribution < -0.4 is 4.74 Å². The molecule has 0 radical (unpaired) electrons. The topological polar surface area (TPSA) is 12.5 Å². The second-order valence-corrected chi connectivity index (χ2v) is 4.78. The monoisotopic (exact) mass is 243 g/mol. The van der Waals surface area contributed by atoms with E-state index in [1.54, 1.807) is 7.11 Å². The average molecular weight is 243 g/mol. The van der Waals surface area contributed by atoms with Gasteiger partial charge in [0.05, 0.1) is 7.11 Å². The van der Waals surface area contributed by atoms with E-state index in [4.69, 9.17) is 4.74 Å². The number of rotatable bonds is 5. The van der Waals surface area contributed by atoms with E-state index in [1.807, 2.05) is 12.1 Å². The third-order valence-electron chi connectivity index (χ3n) is 3.14. The first kappa shape index (κ1) is 12.9. The van der Waals surface area contributed by atoms with E-state index in [-0.39, 0.29) is 0 Å². The first-order valence-electron chi connectivity index (χ1n) is 6.45. The number of hydrogen-bond acceptors (Lipinski definition) is 2. The minimum Gasteiger partial charge on any atom is -0.497 e. The number of hydrogen-bond donors (Lipinski definition) is 0. The van der Waals surface area contributed by atoms with Crippen molar-refractivity contribution in [3.05, 3.63) is 53.6 Å². The summed E-state index contributed by atoms with van der Waals surface area (Å²) >= 11 is 0. The quantitative estimate of drug-likeness (QED) is 0.786. The molecule has 0 atom stereocenters. The summed E-state index contributed by atoms with van der Waals surface area (Å²) in [6.07, 6.45) is 9.21. The maximum absolute atomic E-state index is 5.16. The van der Waals surface area contributed by atoms with Crippen LogP contribution in [0.3, 0.4) is 0 Å². The van der Waals surface area contributed by atoms with Gasteiger partial charge in [0.2, 0.25) is 0 Å². The molecule has 0 spiro atoms. The fourth-order valence-electron chi connectivity index (χ4n) is 2.20. The first-order chi connectivity index (χ1) is 8.78. The fraction of sp³-hybridized carbons (Fsp3) is 0.375. The Morgan fingerprint density at radius 2 is 1.89 bits per heavy atom. The lowest BCUT2D eigenvalue weighted by molar-refractivity contribution is 0.356. The standard InChI is InChI=1S/C16H21NO/c1-17(12-14-6-4-3-5-7-14)13-15-8-10-16(18-2)11-9-15/h4,6-11H,3,5,12-13H2,1-2H3. The Labute approximate surface area is 110 Å². The lowest BCUT2D eigenvalue weighted by Crippen LogP contribution is -2.20. The van der Waals surface area contributed by atoms with Gasteiger partial charge in [-0.15, -0.1) is 0 Å². The molecule has 0 aromatic heterocycles. The summed E-state index contributed by atoms with van der Waals surface area (Å²) in [7, 11) is 3.86. The number of likely N-dealkylation sites (N-methyl/N-ethyl adjacent to an activating group) is 1. The number of benzene rings is 1. The van der Waals surface area contributed by atoms with E-state index in [2.05, 4.69) is 42.3 Å². The summed E-state index contributed by atoms with van der Waals surface area (Å²) in [6.45, 7) is 1.98. The third-order valence-corrected chi connectivity index (χ3v) is 3.14. The van der Waals surface area contributed by atoms with Crippen LogP contribution in [0.15, 0.2) is 48.1 Å². The Kier molecular flexibility index (Phi) is 4.59. The minimum atomic E-state index is 0.916. The normalized spacial score (nSPS) is 14.7. The highest BCUT2D eigenvalue weighted by Crippen LogP contribution is 2.14. The molecule has 0 heterocycles. The number of allylic oxidation sites excluding steroid dienone is 2. The summed E-state index contributed by atoms with van der Waals surface area (Å²) in [5, 5.41) is 0. The van der Waals surface area contributed by atoms with Crippen molar-refractivity contribution >= 4 is 0 Å². The molecule has 0 bridgehead atoms. The molecule has 2 heteroatoms. The maximum atomic E-state index is 5.16. The summed E-state index contributed by atoms with van der Waals surface area (Å²) in [5.74, 6) is 0.916. The van der Waals surface area contributed by atoms with E-state index >= 15 is 0 Å². The molecule has 0 amide bonds. The molecule has 0 saturated carbocycles. The van der Waals surface area contributed by atoms with Crippen LogP contribution in [0.1, 0.15) is 18.4 Å². The Morgan fingerprint density at radius 1 is 1.11 bits per heavy atom. The predicted octanol–water partition coefficient (Wildman–Crippen LogP) is 3.40. The second kappa shape index (κ2) is 6.41. The highest BCUT2D eigenvalue weighted by molar-refractivity contribution is 5.28. The molecule has 2 nitrogen and oxygen atoms in total. The van der Waals surface area contributed by atoms with Gasteiger partial charge in [-0.05, 0) is 43.2 Å². The zero-order chi connectivity index (χ0) is 12.8. The van der Waals surface area contributed by atoms with Gasteiger partial charge in [0.1, 0.15) is 5.75 Å². The van der Waals surface area contributed by atoms with E-state index in [9.17, 15) is 0 Å². The smallest absolute Gasteiger partial charge is 0.118 e. The van der Waals surface area contributed by atoms with Crippen LogP contribution in [0.25, 0.3) is 0 Å². The van der Waals surface area contributed by atoms with Crippen molar-refractivity contribution < 1.29 is 4.74 Å². The molecule has 0 fully saturated rings. The average Bonchev–Trinajstić information content (AvgIpc) is 2.40. The zero-order valence-electron chi connectivity index (χ0n) is 11.2. The highest BCUT2D eigenvalue weighted by Gasteiger charge is 2.04. The van der Waals surface area contributed by atoms with Crippen LogP contribution in [0.4, 0.5) is 0 Å². The summed E-state index contributed by atoms with van der Waals surface area (Å²) in [6, 6.07) is 8.28. The van der Waals surface area contributed by atoms with Crippen molar-refractivity contribution in [2.45, 2.75) is 19.4 Å². The molecule has 18 heavy (non-hydrogen) atoms. The van der Waals surface area contributed by atoms with E-state index < -0.39 is 0 Å². The van der Waals surface area contributed by atoms with Crippen molar-refractivity contribution in [3.63, 3.8) is 0 Å². The minimum absolute atomic E-state index is 0.916. The summed E-state index contributed by atoms with van der Waals surface area (Å²) < 4.78 is 5.16. The number of nitrogens with zero attached hydrogens (tertiary/aromatic N) is 1. The third kappa shape index (κ3) is 3.74. The van der Waals surface area contributed by atoms with Crippen molar-refractivity contribution in [2.75, 3.05) is 20.7 Å². The van der Waals surface area contributed by atoms with Crippen molar-refractivity contribution in [1.82, 2.24) is 4.90 Å². The van der Waals surface area contributed by atoms with Crippen LogP contribution in [0, 0.1) is 0 Å². The molecule has 0 saturated heterocycles. The maximum Gasteiger partial charge on any atom is 0.118 e. The van der Waals surface area contributed by atoms with Crippen molar-refractivity contribution in [1.29, 1.82) is 0 Å². The molecule has 1 aliphatic rings. The molecule has 0 unspecified atom stereocenters. The predicted molar refractivity (Wildman–Crippen MR) is 75.8 cm³/mol. The molecule has 0 N–H and O–H groups in total. The number of ether oxygens (including phenoxy) is 1. The molecule has 1 aromatic carbocycles. The van der Waals surface area contributed by atoms with Gasteiger partial charge in [-0.3, -0.25) is 4.90 Å². The van der Waals surface area contributed by atoms with Crippen LogP contribution in [0.5, 0.6) is 5.75 Å². The lowest BCUT2D eigenvalue weighted by Gasteiger charge is -2.18. The molecular weight excluding hydrogens is 222 g/mol. The molecular formula is C16H21NO. The van der Waals surface area contributed by atoms with Gasteiger partial charge in [-0.2, -0.15) is 0 Å². The Morgan fingerprint density at radius 3 is 2.50 bits per heavy atom. The number of methoxy groups -OCH3 is 1. The van der Waals surface area contributed by atoms with Gasteiger partial charge in [-0.25, -0.2) is 0 Å². The van der Waals surface area contributed by atoms with Crippen LogP contribution >= 0.6 is 0 Å². The van der Waals surface area contributed by atoms with Crippen LogP contribution in [0.2, 0.25) is 0 Å². The SMILES string of the molecule is COc1ccc(CN(C)CC2=CCCC=C2)cc1. The van der Waals surface area contributed by atoms with Gasteiger partial charge in [0.25, 0.3) is 0 Å². The van der Waals surface area contributed by atoms with Crippen LogP contribution in [-0.4, -0.2) is 25.6 Å². The van der Waals surface area contributed by atoms with Gasteiger partial charge in [0.15, 0.2) is 0 Å². The summed E-state index contributed by atoms with van der Waals surface area (Å²) in [4.78, 5) is 2.34. The largest absolute Gasteiger partial charge is 0.497 e. The van der Waals surface area contributed by atoms with Gasteiger partial charge in [-0.1, -0.05) is 30.4 Å². The fourth-order valence-corrected chi connectivity index (χ4v) is 2.20.